The first kappa shape index (κ1) is 14.2. The number of hydrogen-bond acceptors (Lipinski definition) is 3. The number of nitrogens with one attached hydrogen (secondary N) is 1. The number of thiocarbonyl (C=S) groups is 1. The quantitative estimate of drug-likeness (QED) is 0.682. The minimum absolute atomic E-state index is 0.0417. The second kappa shape index (κ2) is 5.86. The smallest absolute Gasteiger partial charge is 0.282 e. The van der Waals surface area contributed by atoms with Crippen molar-refractivity contribution in [3.8, 4) is 0 Å². The summed E-state index contributed by atoms with van der Waals surface area (Å²) in [6, 6.07) is 6.44. The maximum atomic E-state index is 12.3. The van der Waals surface area contributed by atoms with Gasteiger partial charge < -0.3 is 0 Å². The summed E-state index contributed by atoms with van der Waals surface area (Å²) in [7, 11) is 0. The summed E-state index contributed by atoms with van der Waals surface area (Å²) in [5.74, 6) is 0.477. The number of anilines is 1. The van der Waals surface area contributed by atoms with E-state index in [0.29, 0.717) is 29.6 Å². The van der Waals surface area contributed by atoms with Crippen LogP contribution < -0.4 is 4.90 Å². The van der Waals surface area contributed by atoms with Crippen LogP contribution in [0.2, 0.25) is 5.02 Å². The number of alkyl halides is 1. The molecule has 2 rings (SSSR count). The van der Waals surface area contributed by atoms with E-state index in [2.05, 4.69) is 0 Å². The summed E-state index contributed by atoms with van der Waals surface area (Å²) in [5.41, 5.74) is 0.609. The molecule has 0 bridgehead atoms. The zero-order chi connectivity index (χ0) is 14.0. The average Bonchev–Trinajstić information content (AvgIpc) is 2.60. The summed E-state index contributed by atoms with van der Waals surface area (Å²) in [6.45, 7) is 0.394. The molecule has 0 aromatic heterocycles. The molecule has 0 atom stereocenters. The van der Waals surface area contributed by atoms with Crippen molar-refractivity contribution < 1.29 is 4.79 Å². The van der Waals surface area contributed by atoms with Crippen LogP contribution in [0.1, 0.15) is 6.42 Å². The van der Waals surface area contributed by atoms with Gasteiger partial charge in [0.25, 0.3) is 0 Å². The van der Waals surface area contributed by atoms with Crippen molar-refractivity contribution in [1.29, 1.82) is 5.41 Å². The van der Waals surface area contributed by atoms with Gasteiger partial charge in [-0.05, 0) is 30.7 Å². The lowest BCUT2D eigenvalue weighted by Gasteiger charge is -2.16. The fourth-order valence-electron chi connectivity index (χ4n) is 1.77. The third kappa shape index (κ3) is 2.73. The number of carbonyl (C=O) groups is 1. The molecule has 2 amide bonds. The average molecular weight is 316 g/mol. The first-order valence-corrected chi connectivity index (χ1v) is 6.94. The Bertz CT molecular complexity index is 532. The van der Waals surface area contributed by atoms with E-state index in [-0.39, 0.29) is 16.9 Å². The van der Waals surface area contributed by atoms with Crippen molar-refractivity contribution in [2.75, 3.05) is 17.3 Å². The van der Waals surface area contributed by atoms with Gasteiger partial charge in [0.1, 0.15) is 0 Å². The molecule has 4 nitrogen and oxygen atoms in total. The molecule has 1 aromatic rings. The third-order valence-corrected chi connectivity index (χ3v) is 3.59. The molecule has 1 aliphatic rings. The molecular weight excluding hydrogens is 305 g/mol. The van der Waals surface area contributed by atoms with Crippen LogP contribution >= 0.6 is 35.4 Å². The molecule has 0 aliphatic carbocycles. The number of hydrogen-bond donors (Lipinski definition) is 1. The molecule has 100 valence electrons. The number of carbonyl (C=O) groups excluding carboxylic acids is 1. The van der Waals surface area contributed by atoms with Crippen molar-refractivity contribution in [1.82, 2.24) is 4.90 Å². The summed E-state index contributed by atoms with van der Waals surface area (Å²) in [5, 5.41) is 8.47. The lowest BCUT2D eigenvalue weighted by Crippen LogP contribution is -2.33. The Kier molecular flexibility index (Phi) is 4.39. The standard InChI is InChI=1S/C12H11Cl2N3OS/c13-6-1-7-16-10(15)11(19)17(12(16)18)9-4-2-8(14)3-5-9/h2-5,15H,1,6-7H2. The van der Waals surface area contributed by atoms with Crippen LogP contribution in [0.3, 0.4) is 0 Å². The van der Waals surface area contributed by atoms with E-state index < -0.39 is 0 Å². The number of halogens is 2. The fraction of sp³-hybridized carbons (Fsp3) is 0.250. The van der Waals surface area contributed by atoms with Gasteiger partial charge in [0, 0.05) is 17.4 Å². The van der Waals surface area contributed by atoms with Gasteiger partial charge in [0.2, 0.25) is 0 Å². The Morgan fingerprint density at radius 3 is 2.47 bits per heavy atom. The minimum atomic E-state index is -0.317. The highest BCUT2D eigenvalue weighted by molar-refractivity contribution is 7.82. The molecule has 1 heterocycles. The maximum Gasteiger partial charge on any atom is 0.335 e. The van der Waals surface area contributed by atoms with E-state index >= 15 is 0 Å². The van der Waals surface area contributed by atoms with Gasteiger partial charge in [-0.1, -0.05) is 23.8 Å². The molecule has 1 aliphatic heterocycles. The van der Waals surface area contributed by atoms with Gasteiger partial charge in [0.15, 0.2) is 10.8 Å². The van der Waals surface area contributed by atoms with Crippen molar-refractivity contribution in [2.24, 2.45) is 0 Å². The third-order valence-electron chi connectivity index (χ3n) is 2.70. The minimum Gasteiger partial charge on any atom is -0.282 e. The number of benzene rings is 1. The number of amidine groups is 1. The van der Waals surface area contributed by atoms with Crippen LogP contribution in [0.25, 0.3) is 0 Å². The molecule has 0 spiro atoms. The second-order valence-electron chi connectivity index (χ2n) is 3.94. The van der Waals surface area contributed by atoms with E-state index in [0.717, 1.165) is 0 Å². The Labute approximate surface area is 126 Å². The van der Waals surface area contributed by atoms with Gasteiger partial charge in [-0.15, -0.1) is 11.6 Å². The highest BCUT2D eigenvalue weighted by Crippen LogP contribution is 2.24. The summed E-state index contributed by atoms with van der Waals surface area (Å²) in [6.07, 6.45) is 0.618. The zero-order valence-corrected chi connectivity index (χ0v) is 12.2. The largest absolute Gasteiger partial charge is 0.335 e. The molecule has 0 saturated carbocycles. The highest BCUT2D eigenvalue weighted by Gasteiger charge is 2.38. The number of rotatable bonds is 4. The molecule has 0 radical (unpaired) electrons. The first-order chi connectivity index (χ1) is 9.06. The second-order valence-corrected chi connectivity index (χ2v) is 5.14. The molecule has 1 N–H and O–H groups in total. The van der Waals surface area contributed by atoms with E-state index in [9.17, 15) is 4.79 Å². The predicted molar refractivity (Wildman–Crippen MR) is 81.7 cm³/mol. The maximum absolute atomic E-state index is 12.3. The SMILES string of the molecule is N=C1C(=S)N(c2ccc(Cl)cc2)C(=O)N1CCCCl. The lowest BCUT2D eigenvalue weighted by atomic mass is 10.3. The summed E-state index contributed by atoms with van der Waals surface area (Å²) in [4.78, 5) is 15.1. The van der Waals surface area contributed by atoms with Crippen molar-refractivity contribution in [3.05, 3.63) is 29.3 Å². The monoisotopic (exact) mass is 315 g/mol. The molecule has 1 saturated heterocycles. The van der Waals surface area contributed by atoms with Gasteiger partial charge >= 0.3 is 6.03 Å². The Hall–Kier alpha value is -1.17. The number of nitrogens with zero attached hydrogens (tertiary/aromatic N) is 2. The van der Waals surface area contributed by atoms with Gasteiger partial charge in [-0.3, -0.25) is 10.3 Å². The Balaban J connectivity index is 2.27. The van der Waals surface area contributed by atoms with Gasteiger partial charge in [0.05, 0.1) is 5.69 Å². The predicted octanol–water partition coefficient (Wildman–Crippen LogP) is 3.52. The van der Waals surface area contributed by atoms with E-state index in [1.165, 1.54) is 9.80 Å². The Morgan fingerprint density at radius 2 is 1.89 bits per heavy atom. The topological polar surface area (TPSA) is 47.4 Å². The molecule has 19 heavy (non-hydrogen) atoms. The van der Waals surface area contributed by atoms with Crippen LogP contribution in [-0.4, -0.2) is 34.2 Å². The van der Waals surface area contributed by atoms with Crippen LogP contribution in [0.5, 0.6) is 0 Å². The summed E-state index contributed by atoms with van der Waals surface area (Å²) < 4.78 is 0. The van der Waals surface area contributed by atoms with Crippen LogP contribution in [0.4, 0.5) is 10.5 Å². The van der Waals surface area contributed by atoms with Crippen LogP contribution in [0.15, 0.2) is 24.3 Å². The number of amides is 2. The van der Waals surface area contributed by atoms with E-state index in [4.69, 9.17) is 40.8 Å². The van der Waals surface area contributed by atoms with E-state index in [1.807, 2.05) is 0 Å². The fourth-order valence-corrected chi connectivity index (χ4v) is 2.31. The molecular formula is C12H11Cl2N3OS. The molecule has 1 aromatic carbocycles. The van der Waals surface area contributed by atoms with Crippen molar-refractivity contribution in [2.45, 2.75) is 6.42 Å². The first-order valence-electron chi connectivity index (χ1n) is 5.62. The normalized spacial score (nSPS) is 15.6. The summed E-state index contributed by atoms with van der Waals surface area (Å²) >= 11 is 16.6. The van der Waals surface area contributed by atoms with Crippen molar-refractivity contribution >= 4 is 58.0 Å². The van der Waals surface area contributed by atoms with Crippen LogP contribution in [-0.2, 0) is 0 Å². The van der Waals surface area contributed by atoms with E-state index in [1.54, 1.807) is 24.3 Å². The highest BCUT2D eigenvalue weighted by atomic mass is 35.5. The van der Waals surface area contributed by atoms with Crippen molar-refractivity contribution in [3.63, 3.8) is 0 Å². The lowest BCUT2D eigenvalue weighted by molar-refractivity contribution is 0.233. The number of urea groups is 1. The molecule has 7 heteroatoms. The van der Waals surface area contributed by atoms with Crippen LogP contribution in [0, 0.1) is 5.41 Å². The van der Waals surface area contributed by atoms with Gasteiger partial charge in [-0.2, -0.15) is 0 Å². The Morgan fingerprint density at radius 1 is 1.26 bits per heavy atom. The zero-order valence-electron chi connectivity index (χ0n) is 9.90. The molecule has 0 unspecified atom stereocenters. The van der Waals surface area contributed by atoms with Gasteiger partial charge in [-0.25, -0.2) is 9.69 Å². The molecule has 1 fully saturated rings.